The minimum atomic E-state index is -5.14. The molecule has 0 aliphatic heterocycles. The molecule has 0 saturated heterocycles. The third-order valence-corrected chi connectivity index (χ3v) is 5.94. The van der Waals surface area contributed by atoms with Gasteiger partial charge in [0.1, 0.15) is 0 Å². The fourth-order valence-corrected chi connectivity index (χ4v) is 3.97. The SMILES string of the molecule is CN(C(=O)c1cc(C(F)(F)F)cc(C(F)(F)F)c1)C(CCC(=O)NS(C)(=O)=O)Cc1ccc(Cl)cc1. The van der Waals surface area contributed by atoms with E-state index in [0.717, 1.165) is 11.2 Å². The number of carbonyl (C=O) groups is 2. The van der Waals surface area contributed by atoms with Crippen molar-refractivity contribution in [2.24, 2.45) is 0 Å². The summed E-state index contributed by atoms with van der Waals surface area (Å²) in [4.78, 5) is 25.9. The maximum atomic E-state index is 13.2. The molecule has 2 amide bonds. The zero-order valence-corrected chi connectivity index (χ0v) is 20.4. The van der Waals surface area contributed by atoms with Crippen molar-refractivity contribution < 1.29 is 44.3 Å². The Kier molecular flexibility index (Phi) is 9.05. The maximum absolute atomic E-state index is 13.2. The van der Waals surface area contributed by atoms with Gasteiger partial charge in [-0.05, 0) is 48.7 Å². The second-order valence-electron chi connectivity index (χ2n) is 8.03. The summed E-state index contributed by atoms with van der Waals surface area (Å²) in [5.74, 6) is -2.04. The van der Waals surface area contributed by atoms with Gasteiger partial charge in [0.2, 0.25) is 15.9 Å². The first-order valence-electron chi connectivity index (χ1n) is 10.2. The third kappa shape index (κ3) is 8.70. The number of amides is 2. The van der Waals surface area contributed by atoms with Crippen LogP contribution in [0.5, 0.6) is 0 Å². The molecule has 6 nitrogen and oxygen atoms in total. The molecule has 2 rings (SSSR count). The van der Waals surface area contributed by atoms with Gasteiger partial charge in [0.15, 0.2) is 0 Å². The van der Waals surface area contributed by atoms with E-state index >= 15 is 0 Å². The molecule has 2 aromatic rings. The van der Waals surface area contributed by atoms with E-state index in [1.165, 1.54) is 19.2 Å². The molecule has 0 radical (unpaired) electrons. The van der Waals surface area contributed by atoms with E-state index in [1.807, 2.05) is 0 Å². The Morgan fingerprint density at radius 2 is 1.47 bits per heavy atom. The first kappa shape index (κ1) is 29.4. The van der Waals surface area contributed by atoms with E-state index in [1.54, 1.807) is 16.9 Å². The minimum Gasteiger partial charge on any atom is -0.338 e. The number of alkyl halides is 6. The molecule has 0 aliphatic rings. The smallest absolute Gasteiger partial charge is 0.338 e. The van der Waals surface area contributed by atoms with Crippen molar-refractivity contribution in [2.45, 2.75) is 37.7 Å². The van der Waals surface area contributed by atoms with Crippen LogP contribution in [-0.2, 0) is 33.6 Å². The van der Waals surface area contributed by atoms with Crippen LogP contribution in [0.15, 0.2) is 42.5 Å². The predicted molar refractivity (Wildman–Crippen MR) is 120 cm³/mol. The van der Waals surface area contributed by atoms with Crippen molar-refractivity contribution in [1.29, 1.82) is 0 Å². The second-order valence-corrected chi connectivity index (χ2v) is 10.2. The van der Waals surface area contributed by atoms with Crippen LogP contribution in [0.1, 0.15) is 39.9 Å². The number of halogens is 7. The maximum Gasteiger partial charge on any atom is 0.416 e. The van der Waals surface area contributed by atoms with Crippen LogP contribution < -0.4 is 4.72 Å². The van der Waals surface area contributed by atoms with Gasteiger partial charge in [0, 0.05) is 30.1 Å². The van der Waals surface area contributed by atoms with Crippen LogP contribution in [0.25, 0.3) is 0 Å². The summed E-state index contributed by atoms with van der Waals surface area (Å²) in [5.41, 5.74) is -3.53. The molecule has 198 valence electrons. The third-order valence-electron chi connectivity index (χ3n) is 5.09. The second kappa shape index (κ2) is 11.1. The van der Waals surface area contributed by atoms with Gasteiger partial charge in [-0.2, -0.15) is 26.3 Å². The van der Waals surface area contributed by atoms with E-state index in [2.05, 4.69) is 0 Å². The summed E-state index contributed by atoms with van der Waals surface area (Å²) >= 11 is 5.85. The number of hydrogen-bond donors (Lipinski definition) is 1. The van der Waals surface area contributed by atoms with E-state index in [4.69, 9.17) is 11.6 Å². The number of carbonyl (C=O) groups excluding carboxylic acids is 2. The first-order chi connectivity index (χ1) is 16.4. The van der Waals surface area contributed by atoms with Gasteiger partial charge < -0.3 is 4.90 Å². The lowest BCUT2D eigenvalue weighted by molar-refractivity contribution is -0.143. The van der Waals surface area contributed by atoms with E-state index < -0.39 is 56.9 Å². The average Bonchev–Trinajstić information content (AvgIpc) is 2.74. The van der Waals surface area contributed by atoms with Gasteiger partial charge in [-0.15, -0.1) is 0 Å². The Labute approximate surface area is 208 Å². The zero-order chi connectivity index (χ0) is 27.5. The Bertz CT molecular complexity index is 1180. The van der Waals surface area contributed by atoms with Crippen LogP contribution >= 0.6 is 11.6 Å². The monoisotopic (exact) mass is 558 g/mol. The highest BCUT2D eigenvalue weighted by atomic mass is 35.5. The molecule has 0 aliphatic carbocycles. The van der Waals surface area contributed by atoms with Gasteiger partial charge in [0.05, 0.1) is 17.4 Å². The van der Waals surface area contributed by atoms with E-state index in [0.29, 0.717) is 22.7 Å². The van der Waals surface area contributed by atoms with Gasteiger partial charge in [-0.3, -0.25) is 14.3 Å². The highest BCUT2D eigenvalue weighted by Crippen LogP contribution is 2.36. The summed E-state index contributed by atoms with van der Waals surface area (Å²) in [6.07, 6.45) is -9.99. The molecular weight excluding hydrogens is 538 g/mol. The predicted octanol–water partition coefficient (Wildman–Crippen LogP) is 4.92. The van der Waals surface area contributed by atoms with Crippen molar-refractivity contribution in [2.75, 3.05) is 13.3 Å². The van der Waals surface area contributed by atoms with Crippen molar-refractivity contribution in [1.82, 2.24) is 9.62 Å². The highest BCUT2D eigenvalue weighted by molar-refractivity contribution is 7.89. The lowest BCUT2D eigenvalue weighted by atomic mass is 9.98. The molecule has 0 aromatic heterocycles. The van der Waals surface area contributed by atoms with Gasteiger partial charge >= 0.3 is 12.4 Å². The van der Waals surface area contributed by atoms with Crippen molar-refractivity contribution in [3.05, 3.63) is 69.7 Å². The van der Waals surface area contributed by atoms with Gasteiger partial charge in [0.25, 0.3) is 5.91 Å². The summed E-state index contributed by atoms with van der Waals surface area (Å²) in [5, 5.41) is 0.399. The molecule has 14 heteroatoms. The molecule has 36 heavy (non-hydrogen) atoms. The molecule has 0 bridgehead atoms. The number of benzene rings is 2. The summed E-state index contributed by atoms with van der Waals surface area (Å²) in [6.45, 7) is 0. The van der Waals surface area contributed by atoms with Crippen LogP contribution in [0.2, 0.25) is 5.02 Å². The number of nitrogens with one attached hydrogen (secondary N) is 1. The van der Waals surface area contributed by atoms with Crippen molar-refractivity contribution >= 4 is 33.4 Å². The highest BCUT2D eigenvalue weighted by Gasteiger charge is 2.38. The molecule has 0 fully saturated rings. The minimum absolute atomic E-state index is 0.0522. The molecule has 0 spiro atoms. The molecular formula is C22H21ClF6N2O4S. The first-order valence-corrected chi connectivity index (χ1v) is 12.5. The standard InChI is InChI=1S/C22H21ClF6N2O4S/c1-31(20(33)14-10-15(21(24,25)26)12-16(11-14)22(27,28)29)18(7-8-19(32)30-36(2,34)35)9-13-3-5-17(23)6-4-13/h3-6,10-12,18H,7-9H2,1-2H3,(H,30,32). The summed E-state index contributed by atoms with van der Waals surface area (Å²) in [6, 6.07) is 5.92. The summed E-state index contributed by atoms with van der Waals surface area (Å²) in [7, 11) is -2.69. The number of sulfonamides is 1. The van der Waals surface area contributed by atoms with Crippen molar-refractivity contribution in [3.8, 4) is 0 Å². The van der Waals surface area contributed by atoms with E-state index in [-0.39, 0.29) is 25.3 Å². The fourth-order valence-electron chi connectivity index (χ4n) is 3.33. The van der Waals surface area contributed by atoms with Gasteiger partial charge in [-0.1, -0.05) is 23.7 Å². The molecule has 0 heterocycles. The number of hydrogen-bond acceptors (Lipinski definition) is 4. The van der Waals surface area contributed by atoms with Crippen LogP contribution in [0, 0.1) is 0 Å². The molecule has 0 saturated carbocycles. The van der Waals surface area contributed by atoms with Crippen LogP contribution in [-0.4, -0.2) is 44.5 Å². The molecule has 1 N–H and O–H groups in total. The number of nitrogens with zero attached hydrogens (tertiary/aromatic N) is 1. The Balaban J connectivity index is 2.41. The Morgan fingerprint density at radius 3 is 1.92 bits per heavy atom. The normalized spacial score (nSPS) is 13.2. The number of likely N-dealkylation sites (N-methyl/N-ethyl adjacent to an activating group) is 1. The summed E-state index contributed by atoms with van der Waals surface area (Å²) < 4.78 is 104. The zero-order valence-electron chi connectivity index (χ0n) is 18.9. The molecule has 1 atom stereocenters. The quantitative estimate of drug-likeness (QED) is 0.466. The average molecular weight is 559 g/mol. The lowest BCUT2D eigenvalue weighted by Crippen LogP contribution is -2.40. The number of rotatable bonds is 8. The Hall–Kier alpha value is -2.80. The largest absolute Gasteiger partial charge is 0.416 e. The Morgan fingerprint density at radius 1 is 0.972 bits per heavy atom. The van der Waals surface area contributed by atoms with E-state index in [9.17, 15) is 44.3 Å². The van der Waals surface area contributed by atoms with Crippen LogP contribution in [0.3, 0.4) is 0 Å². The van der Waals surface area contributed by atoms with Crippen LogP contribution in [0.4, 0.5) is 26.3 Å². The topological polar surface area (TPSA) is 83.6 Å². The molecule has 1 unspecified atom stereocenters. The fraction of sp³-hybridized carbons (Fsp3) is 0.364. The molecule has 2 aromatic carbocycles. The van der Waals surface area contributed by atoms with Gasteiger partial charge in [-0.25, -0.2) is 8.42 Å². The lowest BCUT2D eigenvalue weighted by Gasteiger charge is -2.29. The van der Waals surface area contributed by atoms with Crippen molar-refractivity contribution in [3.63, 3.8) is 0 Å².